The van der Waals surface area contributed by atoms with Crippen molar-refractivity contribution >= 4 is 5.91 Å². The molecule has 1 N–H and O–H groups in total. The van der Waals surface area contributed by atoms with Crippen LogP contribution < -0.4 is 9.47 Å². The van der Waals surface area contributed by atoms with Gasteiger partial charge in [0.05, 0.1) is 11.7 Å². The molecule has 1 aliphatic carbocycles. The van der Waals surface area contributed by atoms with Gasteiger partial charge in [-0.15, -0.1) is 13.2 Å². The van der Waals surface area contributed by atoms with E-state index in [4.69, 9.17) is 4.74 Å². The van der Waals surface area contributed by atoms with Gasteiger partial charge >= 0.3 is 6.36 Å². The number of hydrogen-bond donors (Lipinski definition) is 1. The quantitative estimate of drug-likeness (QED) is 0.489. The van der Waals surface area contributed by atoms with Crippen molar-refractivity contribution in [2.24, 2.45) is 11.8 Å². The minimum absolute atomic E-state index is 0.0237. The van der Waals surface area contributed by atoms with Gasteiger partial charge in [-0.05, 0) is 74.6 Å². The summed E-state index contributed by atoms with van der Waals surface area (Å²) < 4.78 is 61.2. The van der Waals surface area contributed by atoms with Crippen molar-refractivity contribution in [1.29, 1.82) is 0 Å². The van der Waals surface area contributed by atoms with E-state index < -0.39 is 17.9 Å². The van der Waals surface area contributed by atoms with Gasteiger partial charge in [0.1, 0.15) is 11.5 Å². The third kappa shape index (κ3) is 5.74. The normalized spacial score (nSPS) is 21.3. The molecule has 0 saturated heterocycles. The van der Waals surface area contributed by atoms with Crippen LogP contribution in [0.2, 0.25) is 0 Å². The van der Waals surface area contributed by atoms with Crippen LogP contribution in [0.4, 0.5) is 17.6 Å². The van der Waals surface area contributed by atoms with E-state index in [1.54, 1.807) is 17.0 Å². The van der Waals surface area contributed by atoms with Crippen molar-refractivity contribution in [2.75, 3.05) is 6.54 Å². The number of rotatable bonds is 7. The minimum Gasteiger partial charge on any atom is -0.505 e. The Morgan fingerprint density at radius 3 is 2.47 bits per heavy atom. The number of ether oxygens (including phenoxy) is 2. The fourth-order valence-corrected chi connectivity index (χ4v) is 5.01. The lowest BCUT2D eigenvalue weighted by atomic mass is 9.79. The van der Waals surface area contributed by atoms with Crippen molar-refractivity contribution in [1.82, 2.24) is 4.90 Å². The number of nitrogens with zero attached hydrogens (tertiary/aromatic N) is 1. The fourth-order valence-electron chi connectivity index (χ4n) is 5.01. The molecule has 184 valence electrons. The number of phenolic OH excluding ortho intramolecular Hbond substituents is 1. The molecule has 2 aromatic rings. The Bertz CT molecular complexity index is 1030. The Labute approximate surface area is 195 Å². The summed E-state index contributed by atoms with van der Waals surface area (Å²) in [6.45, 7) is 2.80. The zero-order chi connectivity index (χ0) is 24.5. The summed E-state index contributed by atoms with van der Waals surface area (Å²) in [4.78, 5) is 14.3. The van der Waals surface area contributed by atoms with Gasteiger partial charge in [-0.25, -0.2) is 4.39 Å². The molecular formula is C25H27F4NO4. The molecule has 4 rings (SSSR count). The number of carbonyl (C=O) groups excluding carboxylic acids is 1. The first-order valence-corrected chi connectivity index (χ1v) is 11.4. The van der Waals surface area contributed by atoms with Crippen LogP contribution in [-0.2, 0) is 6.54 Å². The zero-order valence-electron chi connectivity index (χ0n) is 18.8. The molecule has 1 amide bonds. The van der Waals surface area contributed by atoms with Crippen LogP contribution >= 0.6 is 0 Å². The molecule has 1 fully saturated rings. The third-order valence-electron chi connectivity index (χ3n) is 6.56. The topological polar surface area (TPSA) is 59.0 Å². The molecule has 0 radical (unpaired) electrons. The van der Waals surface area contributed by atoms with Gasteiger partial charge < -0.3 is 19.5 Å². The number of aromatic hydroxyl groups is 1. The molecule has 1 heterocycles. The molecule has 1 aliphatic heterocycles. The lowest BCUT2D eigenvalue weighted by molar-refractivity contribution is -0.274. The lowest BCUT2D eigenvalue weighted by Gasteiger charge is -2.32. The second-order valence-corrected chi connectivity index (χ2v) is 9.19. The van der Waals surface area contributed by atoms with Gasteiger partial charge in [-0.3, -0.25) is 4.79 Å². The maximum atomic E-state index is 14.2. The number of halogens is 4. The summed E-state index contributed by atoms with van der Waals surface area (Å²) in [6, 6.07) is 8.39. The van der Waals surface area contributed by atoms with Gasteiger partial charge in [-0.1, -0.05) is 12.1 Å². The molecule has 34 heavy (non-hydrogen) atoms. The van der Waals surface area contributed by atoms with Crippen molar-refractivity contribution in [3.8, 4) is 17.2 Å². The van der Waals surface area contributed by atoms with Crippen LogP contribution in [0.15, 0.2) is 36.4 Å². The average Bonchev–Trinajstić information content (AvgIpc) is 3.07. The highest BCUT2D eigenvalue weighted by Gasteiger charge is 2.34. The van der Waals surface area contributed by atoms with Gasteiger partial charge in [0.2, 0.25) is 0 Å². The molecule has 1 saturated carbocycles. The Morgan fingerprint density at radius 2 is 1.76 bits per heavy atom. The number of alkyl halides is 3. The zero-order valence-corrected chi connectivity index (χ0v) is 18.8. The predicted molar refractivity (Wildman–Crippen MR) is 116 cm³/mol. The monoisotopic (exact) mass is 481 g/mol. The van der Waals surface area contributed by atoms with E-state index in [2.05, 4.69) is 4.74 Å². The number of carbonyl (C=O) groups is 1. The van der Waals surface area contributed by atoms with Crippen LogP contribution in [0.1, 0.15) is 54.9 Å². The van der Waals surface area contributed by atoms with E-state index in [0.29, 0.717) is 36.2 Å². The first-order chi connectivity index (χ1) is 16.1. The number of phenols is 1. The van der Waals surface area contributed by atoms with Crippen LogP contribution in [0.3, 0.4) is 0 Å². The average molecular weight is 481 g/mol. The largest absolute Gasteiger partial charge is 0.573 e. The highest BCUT2D eigenvalue weighted by molar-refractivity contribution is 5.99. The van der Waals surface area contributed by atoms with Crippen molar-refractivity contribution in [3.05, 3.63) is 53.3 Å². The molecule has 0 spiro atoms. The van der Waals surface area contributed by atoms with E-state index in [1.165, 1.54) is 24.3 Å². The smallest absolute Gasteiger partial charge is 0.505 e. The number of amides is 1. The number of hydrogen-bond acceptors (Lipinski definition) is 4. The molecule has 2 aromatic carbocycles. The Morgan fingerprint density at radius 1 is 1.09 bits per heavy atom. The van der Waals surface area contributed by atoms with E-state index in [-0.39, 0.29) is 23.3 Å². The highest BCUT2D eigenvalue weighted by atomic mass is 19.4. The van der Waals surface area contributed by atoms with Crippen molar-refractivity contribution in [2.45, 2.75) is 58.0 Å². The highest BCUT2D eigenvalue weighted by Crippen LogP contribution is 2.36. The predicted octanol–water partition coefficient (Wildman–Crippen LogP) is 6.05. The molecule has 0 aromatic heterocycles. The summed E-state index contributed by atoms with van der Waals surface area (Å²) in [5.41, 5.74) is 0.578. The molecule has 5 nitrogen and oxygen atoms in total. The first-order valence-electron chi connectivity index (χ1n) is 11.4. The second-order valence-electron chi connectivity index (χ2n) is 9.19. The van der Waals surface area contributed by atoms with Gasteiger partial charge in [0, 0.05) is 19.2 Å². The summed E-state index contributed by atoms with van der Waals surface area (Å²) >= 11 is 0. The number of fused-ring (bicyclic) bond motifs is 1. The summed E-state index contributed by atoms with van der Waals surface area (Å²) in [5, 5.41) is 9.55. The van der Waals surface area contributed by atoms with Crippen LogP contribution in [0, 0.1) is 17.7 Å². The fraction of sp³-hybridized carbons (Fsp3) is 0.480. The van der Waals surface area contributed by atoms with Crippen LogP contribution in [-0.4, -0.2) is 34.9 Å². The van der Waals surface area contributed by atoms with Gasteiger partial charge in [0.25, 0.3) is 5.91 Å². The van der Waals surface area contributed by atoms with Crippen LogP contribution in [0.5, 0.6) is 17.2 Å². The van der Waals surface area contributed by atoms with Gasteiger partial charge in [0.15, 0.2) is 11.6 Å². The van der Waals surface area contributed by atoms with Crippen molar-refractivity contribution < 1.29 is 36.9 Å². The van der Waals surface area contributed by atoms with Gasteiger partial charge in [-0.2, -0.15) is 0 Å². The molecule has 1 atom stereocenters. The Kier molecular flexibility index (Phi) is 6.91. The first kappa shape index (κ1) is 24.2. The summed E-state index contributed by atoms with van der Waals surface area (Å²) in [7, 11) is 0. The number of benzene rings is 2. The second kappa shape index (κ2) is 9.72. The van der Waals surface area contributed by atoms with Crippen molar-refractivity contribution in [3.63, 3.8) is 0 Å². The van der Waals surface area contributed by atoms with E-state index in [9.17, 15) is 27.5 Å². The minimum atomic E-state index is -4.75. The van der Waals surface area contributed by atoms with E-state index in [1.807, 2.05) is 6.92 Å². The molecule has 1 unspecified atom stereocenters. The standard InChI is InChI=1S/C25H27F4NO4/c1-15(33-19-3-2-4-20(12-19)34-25(27,28)29)11-16-5-7-17(8-6-16)13-30-14-18-9-10-21(31)23(26)22(18)24(30)32/h2-4,9-10,12,15-17,31H,5-8,11,13-14H2,1H3. The SMILES string of the molecule is CC(CC1CCC(CN2Cc3ccc(O)c(F)c3C2=O)CC1)Oc1cccc(OC(F)(F)F)c1. The summed E-state index contributed by atoms with van der Waals surface area (Å²) in [6.07, 6.45) is -0.371. The molecule has 0 bridgehead atoms. The van der Waals surface area contributed by atoms with Crippen LogP contribution in [0.25, 0.3) is 0 Å². The summed E-state index contributed by atoms with van der Waals surface area (Å²) in [5.74, 6) is -0.979. The Balaban J connectivity index is 1.24. The maximum Gasteiger partial charge on any atom is 0.573 e. The van der Waals surface area contributed by atoms with E-state index >= 15 is 0 Å². The molecule has 9 heteroatoms. The molecule has 2 aliphatic rings. The maximum absolute atomic E-state index is 14.2. The third-order valence-corrected chi connectivity index (χ3v) is 6.56. The molecular weight excluding hydrogens is 454 g/mol. The Hall–Kier alpha value is -2.97. The van der Waals surface area contributed by atoms with E-state index in [0.717, 1.165) is 32.1 Å². The lowest BCUT2D eigenvalue weighted by Crippen LogP contribution is -2.32.